The van der Waals surface area contributed by atoms with Crippen molar-refractivity contribution < 1.29 is 19.1 Å². The Hall–Kier alpha value is -2.11. The molecule has 6 heteroatoms. The highest BCUT2D eigenvalue weighted by atomic mass is 16.6. The fourth-order valence-electron chi connectivity index (χ4n) is 1.72. The first-order valence-corrected chi connectivity index (χ1v) is 7.25. The van der Waals surface area contributed by atoms with Gasteiger partial charge >= 0.3 is 12.1 Å². The number of rotatable bonds is 5. The zero-order chi connectivity index (χ0) is 16.8. The van der Waals surface area contributed by atoms with E-state index in [4.69, 9.17) is 9.47 Å². The van der Waals surface area contributed by atoms with Crippen molar-refractivity contribution in [3.63, 3.8) is 0 Å². The number of nitrogens with zero attached hydrogens (tertiary/aromatic N) is 2. The molecular formula is C16H24N2O4. The number of esters is 1. The fraction of sp³-hybridized carbons (Fsp3) is 0.562. The van der Waals surface area contributed by atoms with Crippen molar-refractivity contribution in [1.29, 1.82) is 0 Å². The standard InChI is InChI=1S/C16H24N2O4/c1-6-13-12(8-7-9-17-13)11-21-14(19)10-18(5)15(20)22-16(2,3)4/h7-9H,6,10-11H2,1-5H3. The molecule has 1 aromatic heterocycles. The molecule has 0 aliphatic carbocycles. The van der Waals surface area contributed by atoms with Gasteiger partial charge in [0.2, 0.25) is 0 Å². The molecule has 0 atom stereocenters. The van der Waals surface area contributed by atoms with E-state index in [1.807, 2.05) is 13.0 Å². The van der Waals surface area contributed by atoms with Gasteiger partial charge in [-0.2, -0.15) is 0 Å². The highest BCUT2D eigenvalue weighted by molar-refractivity contribution is 5.78. The number of likely N-dealkylation sites (N-methyl/N-ethyl adjacent to an activating group) is 1. The fourth-order valence-corrected chi connectivity index (χ4v) is 1.72. The van der Waals surface area contributed by atoms with Gasteiger partial charge in [-0.3, -0.25) is 9.78 Å². The third-order valence-corrected chi connectivity index (χ3v) is 2.78. The number of amides is 1. The maximum Gasteiger partial charge on any atom is 0.410 e. The average molecular weight is 308 g/mol. The molecule has 0 aliphatic heterocycles. The topological polar surface area (TPSA) is 68.7 Å². The summed E-state index contributed by atoms with van der Waals surface area (Å²) in [6.07, 6.45) is 1.92. The van der Waals surface area contributed by atoms with Crippen molar-refractivity contribution >= 4 is 12.1 Å². The zero-order valence-corrected chi connectivity index (χ0v) is 13.9. The molecule has 0 spiro atoms. The van der Waals surface area contributed by atoms with Crippen LogP contribution in [-0.4, -0.2) is 41.1 Å². The molecule has 0 aliphatic rings. The van der Waals surface area contributed by atoms with Crippen LogP contribution in [0.15, 0.2) is 18.3 Å². The molecule has 0 bridgehead atoms. The lowest BCUT2D eigenvalue weighted by molar-refractivity contribution is -0.145. The van der Waals surface area contributed by atoms with E-state index in [2.05, 4.69) is 4.98 Å². The van der Waals surface area contributed by atoms with Gasteiger partial charge in [0.05, 0.1) is 0 Å². The number of hydrogen-bond acceptors (Lipinski definition) is 5. The van der Waals surface area contributed by atoms with Crippen LogP contribution in [0, 0.1) is 0 Å². The van der Waals surface area contributed by atoms with E-state index in [1.54, 1.807) is 33.0 Å². The molecule has 1 amide bonds. The Morgan fingerprint density at radius 2 is 2.00 bits per heavy atom. The van der Waals surface area contributed by atoms with Gasteiger partial charge in [-0.05, 0) is 33.3 Å². The van der Waals surface area contributed by atoms with Gasteiger partial charge < -0.3 is 14.4 Å². The minimum absolute atomic E-state index is 0.151. The van der Waals surface area contributed by atoms with Gasteiger partial charge in [-0.1, -0.05) is 13.0 Å². The third-order valence-electron chi connectivity index (χ3n) is 2.78. The van der Waals surface area contributed by atoms with Gasteiger partial charge in [-0.15, -0.1) is 0 Å². The van der Waals surface area contributed by atoms with Crippen LogP contribution in [-0.2, 0) is 27.3 Å². The molecule has 1 aromatic rings. The average Bonchev–Trinajstić information content (AvgIpc) is 2.43. The molecular weight excluding hydrogens is 284 g/mol. The Labute approximate surface area is 131 Å². The third kappa shape index (κ3) is 6.11. The summed E-state index contributed by atoms with van der Waals surface area (Å²) in [5.41, 5.74) is 1.18. The quantitative estimate of drug-likeness (QED) is 0.782. The van der Waals surface area contributed by atoms with E-state index in [-0.39, 0.29) is 13.2 Å². The van der Waals surface area contributed by atoms with Gasteiger partial charge in [0, 0.05) is 24.5 Å². The summed E-state index contributed by atoms with van der Waals surface area (Å²) in [6.45, 7) is 7.29. The molecule has 0 saturated heterocycles. The van der Waals surface area contributed by atoms with E-state index in [9.17, 15) is 9.59 Å². The molecule has 6 nitrogen and oxygen atoms in total. The van der Waals surface area contributed by atoms with Crippen LogP contribution < -0.4 is 0 Å². The lowest BCUT2D eigenvalue weighted by atomic mass is 10.2. The Morgan fingerprint density at radius 3 is 2.59 bits per heavy atom. The highest BCUT2D eigenvalue weighted by Crippen LogP contribution is 2.10. The van der Waals surface area contributed by atoms with Crippen LogP contribution in [0.1, 0.15) is 39.0 Å². The SMILES string of the molecule is CCc1ncccc1COC(=O)CN(C)C(=O)OC(C)(C)C. The number of carbonyl (C=O) groups is 2. The molecule has 0 N–H and O–H groups in total. The summed E-state index contributed by atoms with van der Waals surface area (Å²) in [6, 6.07) is 3.67. The van der Waals surface area contributed by atoms with Crippen molar-refractivity contribution in [3.05, 3.63) is 29.6 Å². The van der Waals surface area contributed by atoms with Crippen LogP contribution in [0.4, 0.5) is 4.79 Å². The van der Waals surface area contributed by atoms with Crippen LogP contribution in [0.3, 0.4) is 0 Å². The van der Waals surface area contributed by atoms with Crippen molar-refractivity contribution in [2.75, 3.05) is 13.6 Å². The van der Waals surface area contributed by atoms with Crippen molar-refractivity contribution in [2.24, 2.45) is 0 Å². The molecule has 0 aromatic carbocycles. The normalized spacial score (nSPS) is 11.0. The van der Waals surface area contributed by atoms with Gasteiger partial charge in [0.1, 0.15) is 18.8 Å². The lowest BCUT2D eigenvalue weighted by Gasteiger charge is -2.24. The monoisotopic (exact) mass is 308 g/mol. The van der Waals surface area contributed by atoms with E-state index >= 15 is 0 Å². The second-order valence-electron chi connectivity index (χ2n) is 5.96. The Bertz CT molecular complexity index is 523. The Balaban J connectivity index is 2.48. The van der Waals surface area contributed by atoms with E-state index < -0.39 is 17.7 Å². The molecule has 0 fully saturated rings. The highest BCUT2D eigenvalue weighted by Gasteiger charge is 2.21. The summed E-state index contributed by atoms with van der Waals surface area (Å²) in [5.74, 6) is -0.487. The maximum absolute atomic E-state index is 11.8. The van der Waals surface area contributed by atoms with E-state index in [0.717, 1.165) is 17.7 Å². The molecule has 122 valence electrons. The summed E-state index contributed by atoms with van der Waals surface area (Å²) in [5, 5.41) is 0. The number of aryl methyl sites for hydroxylation is 1. The van der Waals surface area contributed by atoms with Crippen LogP contribution in [0.2, 0.25) is 0 Å². The minimum Gasteiger partial charge on any atom is -0.459 e. The number of hydrogen-bond donors (Lipinski definition) is 0. The summed E-state index contributed by atoms with van der Waals surface area (Å²) < 4.78 is 10.4. The predicted molar refractivity (Wildman–Crippen MR) is 82.3 cm³/mol. The van der Waals surface area contributed by atoms with Gasteiger partial charge in [0.25, 0.3) is 0 Å². The molecule has 22 heavy (non-hydrogen) atoms. The molecule has 0 saturated carbocycles. The number of pyridine rings is 1. The first-order chi connectivity index (χ1) is 10.2. The molecule has 1 rings (SSSR count). The summed E-state index contributed by atoms with van der Waals surface area (Å²) in [4.78, 5) is 29.0. The predicted octanol–water partition coefficient (Wildman–Crippen LogP) is 2.55. The lowest BCUT2D eigenvalue weighted by Crippen LogP contribution is -2.37. The second kappa shape index (κ2) is 7.77. The zero-order valence-electron chi connectivity index (χ0n) is 13.9. The molecule has 1 heterocycles. The van der Waals surface area contributed by atoms with Crippen molar-refractivity contribution in [2.45, 2.75) is 46.3 Å². The summed E-state index contributed by atoms with van der Waals surface area (Å²) >= 11 is 0. The van der Waals surface area contributed by atoms with Gasteiger partial charge in [-0.25, -0.2) is 4.79 Å². The first kappa shape index (κ1) is 17.9. The second-order valence-corrected chi connectivity index (χ2v) is 5.96. The van der Waals surface area contributed by atoms with Crippen LogP contribution in [0.5, 0.6) is 0 Å². The Morgan fingerprint density at radius 1 is 1.32 bits per heavy atom. The number of carbonyl (C=O) groups excluding carboxylic acids is 2. The number of aromatic nitrogens is 1. The van der Waals surface area contributed by atoms with Crippen LogP contribution in [0.25, 0.3) is 0 Å². The minimum atomic E-state index is -0.596. The first-order valence-electron chi connectivity index (χ1n) is 7.25. The molecule has 0 radical (unpaired) electrons. The Kier molecular flexibility index (Phi) is 6.34. The smallest absolute Gasteiger partial charge is 0.410 e. The molecule has 0 unspecified atom stereocenters. The van der Waals surface area contributed by atoms with Crippen LogP contribution >= 0.6 is 0 Å². The summed E-state index contributed by atoms with van der Waals surface area (Å²) in [7, 11) is 1.50. The van der Waals surface area contributed by atoms with Crippen molar-refractivity contribution in [3.8, 4) is 0 Å². The van der Waals surface area contributed by atoms with Crippen molar-refractivity contribution in [1.82, 2.24) is 9.88 Å². The van der Waals surface area contributed by atoms with E-state index in [0.29, 0.717) is 0 Å². The van der Waals surface area contributed by atoms with Gasteiger partial charge in [0.15, 0.2) is 0 Å². The maximum atomic E-state index is 11.8. The largest absolute Gasteiger partial charge is 0.459 e. The van der Waals surface area contributed by atoms with E-state index in [1.165, 1.54) is 11.9 Å². The number of ether oxygens (including phenoxy) is 2.